The summed E-state index contributed by atoms with van der Waals surface area (Å²) in [4.78, 5) is 43.9. The van der Waals surface area contributed by atoms with Crippen molar-refractivity contribution in [1.82, 2.24) is 14.5 Å². The number of fused-ring (bicyclic) bond motifs is 1. The molecule has 0 aromatic carbocycles. The van der Waals surface area contributed by atoms with E-state index < -0.39 is 5.97 Å². The number of carbonyl (C=O) groups excluding carboxylic acids is 1. The van der Waals surface area contributed by atoms with Crippen LogP contribution >= 0.6 is 11.3 Å². The first-order valence-electron chi connectivity index (χ1n) is 8.94. The molecule has 0 radical (unpaired) electrons. The number of aliphatic carboxylic acids is 1. The molecule has 1 saturated heterocycles. The van der Waals surface area contributed by atoms with Gasteiger partial charge in [0.15, 0.2) is 0 Å². The van der Waals surface area contributed by atoms with Crippen molar-refractivity contribution in [3.8, 4) is 0 Å². The zero-order valence-electron chi connectivity index (χ0n) is 15.0. The third-order valence-corrected chi connectivity index (χ3v) is 6.18. The van der Waals surface area contributed by atoms with Crippen LogP contribution < -0.4 is 5.56 Å². The van der Waals surface area contributed by atoms with E-state index in [2.05, 4.69) is 11.9 Å². The van der Waals surface area contributed by atoms with E-state index in [1.54, 1.807) is 22.7 Å². The molecule has 26 heavy (non-hydrogen) atoms. The molecule has 0 unspecified atom stereocenters. The van der Waals surface area contributed by atoms with Gasteiger partial charge in [0.25, 0.3) is 11.5 Å². The normalized spacial score (nSPS) is 15.5. The standard InChI is InChI=1S/C18H23N3O4S/c1-3-4-7-21-10-19-15-13(16(21)22)11(2)14(26-15)17(23)20-8-5-12(6-9-20)18(24)25/h10,12H,3-9H2,1-2H3,(H,24,25). The molecule has 0 spiro atoms. The first-order chi connectivity index (χ1) is 12.4. The van der Waals surface area contributed by atoms with E-state index >= 15 is 0 Å². The van der Waals surface area contributed by atoms with Gasteiger partial charge in [0, 0.05) is 19.6 Å². The topological polar surface area (TPSA) is 92.5 Å². The highest BCUT2D eigenvalue weighted by Crippen LogP contribution is 2.29. The molecule has 2 aromatic heterocycles. The minimum atomic E-state index is -0.799. The van der Waals surface area contributed by atoms with Crippen LogP contribution in [0.2, 0.25) is 0 Å². The van der Waals surface area contributed by atoms with Crippen LogP contribution in [0.15, 0.2) is 11.1 Å². The number of amides is 1. The largest absolute Gasteiger partial charge is 0.481 e. The van der Waals surface area contributed by atoms with Crippen LogP contribution in [0.25, 0.3) is 10.2 Å². The molecular formula is C18H23N3O4S. The second-order valence-corrected chi connectivity index (χ2v) is 7.74. The summed E-state index contributed by atoms with van der Waals surface area (Å²) in [5.41, 5.74) is 0.583. The van der Waals surface area contributed by atoms with Gasteiger partial charge < -0.3 is 10.0 Å². The fourth-order valence-electron chi connectivity index (χ4n) is 3.32. The van der Waals surface area contributed by atoms with E-state index in [9.17, 15) is 14.4 Å². The number of hydrogen-bond donors (Lipinski definition) is 1. The van der Waals surface area contributed by atoms with Gasteiger partial charge >= 0.3 is 5.97 Å². The van der Waals surface area contributed by atoms with E-state index in [1.807, 2.05) is 0 Å². The summed E-state index contributed by atoms with van der Waals surface area (Å²) in [6.45, 7) is 5.34. The number of piperidine rings is 1. The predicted molar refractivity (Wildman–Crippen MR) is 99.8 cm³/mol. The SMILES string of the molecule is CCCCn1cnc2sc(C(=O)N3CCC(C(=O)O)CC3)c(C)c2c1=O. The molecule has 0 atom stereocenters. The Hall–Kier alpha value is -2.22. The Morgan fingerprint density at radius 3 is 2.65 bits per heavy atom. The molecular weight excluding hydrogens is 354 g/mol. The lowest BCUT2D eigenvalue weighted by Gasteiger charge is -2.29. The lowest BCUT2D eigenvalue weighted by molar-refractivity contribution is -0.143. The lowest BCUT2D eigenvalue weighted by atomic mass is 9.97. The van der Waals surface area contributed by atoms with Crippen molar-refractivity contribution < 1.29 is 14.7 Å². The maximum Gasteiger partial charge on any atom is 0.306 e. The van der Waals surface area contributed by atoms with Gasteiger partial charge in [-0.15, -0.1) is 11.3 Å². The summed E-state index contributed by atoms with van der Waals surface area (Å²) in [6.07, 6.45) is 4.38. The van der Waals surface area contributed by atoms with Crippen LogP contribution in [0.3, 0.4) is 0 Å². The zero-order valence-corrected chi connectivity index (χ0v) is 15.8. The van der Waals surface area contributed by atoms with Crippen molar-refractivity contribution in [2.75, 3.05) is 13.1 Å². The number of thiophene rings is 1. The van der Waals surface area contributed by atoms with Gasteiger partial charge in [0.2, 0.25) is 0 Å². The smallest absolute Gasteiger partial charge is 0.306 e. The molecule has 0 saturated carbocycles. The second-order valence-electron chi connectivity index (χ2n) is 6.74. The van der Waals surface area contributed by atoms with Crippen LogP contribution in [-0.2, 0) is 11.3 Å². The monoisotopic (exact) mass is 377 g/mol. The van der Waals surface area contributed by atoms with E-state index in [-0.39, 0.29) is 17.4 Å². The summed E-state index contributed by atoms with van der Waals surface area (Å²) in [5.74, 6) is -1.31. The van der Waals surface area contributed by atoms with E-state index in [0.717, 1.165) is 12.8 Å². The Bertz CT molecular complexity index is 894. The van der Waals surface area contributed by atoms with Crippen LogP contribution in [0.4, 0.5) is 0 Å². The number of likely N-dealkylation sites (tertiary alicyclic amines) is 1. The van der Waals surface area contributed by atoms with Gasteiger partial charge in [-0.3, -0.25) is 19.0 Å². The van der Waals surface area contributed by atoms with Gasteiger partial charge in [-0.25, -0.2) is 4.98 Å². The molecule has 0 bridgehead atoms. The number of unbranched alkanes of at least 4 members (excludes halogenated alkanes) is 1. The highest BCUT2D eigenvalue weighted by molar-refractivity contribution is 7.20. The highest BCUT2D eigenvalue weighted by atomic mass is 32.1. The van der Waals surface area contributed by atoms with Crippen molar-refractivity contribution in [2.45, 2.75) is 46.1 Å². The van der Waals surface area contributed by atoms with Crippen molar-refractivity contribution in [1.29, 1.82) is 0 Å². The Kier molecular flexibility index (Phi) is 5.41. The van der Waals surface area contributed by atoms with Crippen LogP contribution in [0.1, 0.15) is 47.8 Å². The number of rotatable bonds is 5. The third kappa shape index (κ3) is 3.38. The predicted octanol–water partition coefficient (Wildman–Crippen LogP) is 2.50. The fraction of sp³-hybridized carbons (Fsp3) is 0.556. The number of carboxylic acids is 1. The number of aryl methyl sites for hydroxylation is 2. The molecule has 1 aliphatic heterocycles. The first kappa shape index (κ1) is 18.6. The summed E-state index contributed by atoms with van der Waals surface area (Å²) in [6, 6.07) is 0. The van der Waals surface area contributed by atoms with Crippen molar-refractivity contribution in [3.63, 3.8) is 0 Å². The van der Waals surface area contributed by atoms with Crippen molar-refractivity contribution in [3.05, 3.63) is 27.1 Å². The molecule has 7 nitrogen and oxygen atoms in total. The minimum Gasteiger partial charge on any atom is -0.481 e. The Balaban J connectivity index is 1.88. The van der Waals surface area contributed by atoms with Gasteiger partial charge in [-0.1, -0.05) is 13.3 Å². The minimum absolute atomic E-state index is 0.0964. The Morgan fingerprint density at radius 1 is 1.35 bits per heavy atom. The molecule has 2 aromatic rings. The molecule has 1 fully saturated rings. The van der Waals surface area contributed by atoms with E-state index in [0.29, 0.717) is 53.1 Å². The van der Waals surface area contributed by atoms with Crippen LogP contribution in [-0.4, -0.2) is 44.5 Å². The second kappa shape index (κ2) is 7.57. The maximum atomic E-state index is 12.9. The van der Waals surface area contributed by atoms with Crippen molar-refractivity contribution >= 4 is 33.4 Å². The van der Waals surface area contributed by atoms with Gasteiger partial charge in [-0.05, 0) is 31.7 Å². The average molecular weight is 377 g/mol. The summed E-state index contributed by atoms with van der Waals surface area (Å²) < 4.78 is 1.61. The molecule has 140 valence electrons. The number of aromatic nitrogens is 2. The molecule has 1 aliphatic rings. The van der Waals surface area contributed by atoms with E-state index in [1.165, 1.54) is 11.3 Å². The molecule has 1 amide bonds. The number of carboxylic acid groups (broad SMARTS) is 1. The molecule has 1 N–H and O–H groups in total. The van der Waals surface area contributed by atoms with Crippen molar-refractivity contribution in [2.24, 2.45) is 5.92 Å². The summed E-state index contributed by atoms with van der Waals surface area (Å²) in [5, 5.41) is 9.62. The molecule has 8 heteroatoms. The van der Waals surface area contributed by atoms with Crippen LogP contribution in [0, 0.1) is 12.8 Å². The lowest BCUT2D eigenvalue weighted by Crippen LogP contribution is -2.40. The average Bonchev–Trinajstić information content (AvgIpc) is 2.98. The molecule has 0 aliphatic carbocycles. The Morgan fingerprint density at radius 2 is 2.04 bits per heavy atom. The molecule has 3 heterocycles. The Labute approximate surface area is 155 Å². The summed E-state index contributed by atoms with van der Waals surface area (Å²) in [7, 11) is 0. The molecule has 3 rings (SSSR count). The zero-order chi connectivity index (χ0) is 18.8. The summed E-state index contributed by atoms with van der Waals surface area (Å²) >= 11 is 1.25. The van der Waals surface area contributed by atoms with Gasteiger partial charge in [-0.2, -0.15) is 0 Å². The number of nitrogens with zero attached hydrogens (tertiary/aromatic N) is 3. The fourth-order valence-corrected chi connectivity index (χ4v) is 4.43. The third-order valence-electron chi connectivity index (χ3n) is 5.00. The quantitative estimate of drug-likeness (QED) is 0.864. The van der Waals surface area contributed by atoms with E-state index in [4.69, 9.17) is 5.11 Å². The number of carbonyl (C=O) groups is 2. The first-order valence-corrected chi connectivity index (χ1v) is 9.76. The van der Waals surface area contributed by atoms with Gasteiger partial charge in [0.05, 0.1) is 22.5 Å². The van der Waals surface area contributed by atoms with Crippen LogP contribution in [0.5, 0.6) is 0 Å². The number of hydrogen-bond acceptors (Lipinski definition) is 5. The highest BCUT2D eigenvalue weighted by Gasteiger charge is 2.29. The maximum absolute atomic E-state index is 12.9. The van der Waals surface area contributed by atoms with Gasteiger partial charge in [0.1, 0.15) is 4.83 Å².